The van der Waals surface area contributed by atoms with Crippen LogP contribution in [0.15, 0.2) is 60.7 Å². The molecule has 4 rings (SSSR count). The fourth-order valence-corrected chi connectivity index (χ4v) is 117. The monoisotopic (exact) mass is 605 g/mol. The van der Waals surface area contributed by atoms with Crippen molar-refractivity contribution in [2.75, 3.05) is 14.1 Å². The van der Waals surface area contributed by atoms with Gasteiger partial charge in [-0.3, -0.25) is 0 Å². The maximum atomic E-state index is 2.80. The molecule has 29 heavy (non-hydrogen) atoms. The second-order valence-electron chi connectivity index (χ2n) is 9.62. The van der Waals surface area contributed by atoms with Crippen molar-refractivity contribution in [3.63, 3.8) is 0 Å². The number of rotatable bonds is 5. The molecule has 0 fully saturated rings. The summed E-state index contributed by atoms with van der Waals surface area (Å²) in [5.41, 5.74) is 7.53. The molecule has 5 heteroatoms. The summed E-state index contributed by atoms with van der Waals surface area (Å²) in [6.45, 7) is 10.9. The normalized spacial score (nSPS) is 19.8. The summed E-state index contributed by atoms with van der Waals surface area (Å²) in [4.78, 5) is 0. The number of benzene rings is 2. The van der Waals surface area contributed by atoms with Crippen molar-refractivity contribution in [3.05, 3.63) is 82.9 Å². The fraction of sp³-hybridized carbons (Fsp3) is 0.333. The Labute approximate surface area is 191 Å². The first-order chi connectivity index (χ1) is 13.2. The zero-order valence-corrected chi connectivity index (χ0v) is 24.8. The number of fused-ring (bicyclic) bond motifs is 2. The third kappa shape index (κ3) is 3.92. The Balaban J connectivity index is 0.00000240. The van der Waals surface area contributed by atoms with Gasteiger partial charge >= 0.3 is 180 Å². The summed E-state index contributed by atoms with van der Waals surface area (Å²) in [5, 5.41) is -2.92. The number of hydrogen-bond donors (Lipinski definition) is 0. The van der Waals surface area contributed by atoms with Gasteiger partial charge in [0.2, 0.25) is 0 Å². The molecular weight excluding hydrogens is 572 g/mol. The van der Waals surface area contributed by atoms with E-state index in [9.17, 15) is 0 Å². The maximum absolute atomic E-state index is 2.80. The van der Waals surface area contributed by atoms with Crippen LogP contribution in [0.5, 0.6) is 0 Å². The van der Waals surface area contributed by atoms with Gasteiger partial charge in [0, 0.05) is 0 Å². The first-order valence-electron chi connectivity index (χ1n) is 10.3. The molecule has 0 spiro atoms. The average Bonchev–Trinajstić information content (AvgIpc) is 3.25. The van der Waals surface area contributed by atoms with Crippen molar-refractivity contribution in [3.8, 4) is 0 Å². The molecule has 2 aromatic rings. The van der Waals surface area contributed by atoms with E-state index in [1.165, 1.54) is 11.1 Å². The van der Waals surface area contributed by atoms with Gasteiger partial charge in [-0.25, -0.2) is 0 Å². The number of allylic oxidation sites excluding steroid dienone is 2. The predicted molar refractivity (Wildman–Crippen MR) is 125 cm³/mol. The minimum absolute atomic E-state index is 0. The predicted octanol–water partition coefficient (Wildman–Crippen LogP) is 3.20. The van der Waals surface area contributed by atoms with Crippen LogP contribution in [-0.2, 0) is 20.1 Å². The Morgan fingerprint density at radius 2 is 1.07 bits per heavy atom. The van der Waals surface area contributed by atoms with Crippen molar-refractivity contribution >= 4 is 22.7 Å². The standard InChI is InChI=1S/2C11H13Si.C2H6N.ClH.Hf/c2*1-12(2)11-8-7-9-5-3-4-6-10(9)11;1-3-2;;/h2*3-8,11H,1-2H3;1-2H3;1H;/q;;-1;;+2/p-1. The van der Waals surface area contributed by atoms with Crippen LogP contribution in [0.2, 0.25) is 26.2 Å². The second kappa shape index (κ2) is 8.54. The molecule has 2 unspecified atom stereocenters. The van der Waals surface area contributed by atoms with E-state index in [1.54, 1.807) is 11.1 Å². The molecule has 2 atom stereocenters. The Morgan fingerprint density at radius 1 is 0.690 bits per heavy atom. The zero-order chi connectivity index (χ0) is 20.1. The molecule has 2 aromatic carbocycles. The van der Waals surface area contributed by atoms with Gasteiger partial charge in [-0.2, -0.15) is 0 Å². The van der Waals surface area contributed by atoms with E-state index in [0.29, 0.717) is 11.1 Å². The number of hydrogen-bond acceptors (Lipinski definition) is 1. The van der Waals surface area contributed by atoms with Gasteiger partial charge in [0.1, 0.15) is 0 Å². The largest absolute Gasteiger partial charge is 1.00 e. The van der Waals surface area contributed by atoms with Gasteiger partial charge in [-0.15, -0.1) is 0 Å². The summed E-state index contributed by atoms with van der Waals surface area (Å²) in [7, 11) is 4.83. The van der Waals surface area contributed by atoms with Crippen molar-refractivity contribution in [1.29, 1.82) is 0 Å². The summed E-state index contributed by atoms with van der Waals surface area (Å²) in [6.07, 6.45) is 9.92. The van der Waals surface area contributed by atoms with Crippen molar-refractivity contribution in [2.24, 2.45) is 0 Å². The van der Waals surface area contributed by atoms with Gasteiger partial charge in [0.05, 0.1) is 0 Å². The second-order valence-corrected chi connectivity index (χ2v) is 63.1. The van der Waals surface area contributed by atoms with Gasteiger partial charge < -0.3 is 12.4 Å². The summed E-state index contributed by atoms with van der Waals surface area (Å²) < 4.78 is 2.80. The van der Waals surface area contributed by atoms with Crippen LogP contribution in [0.4, 0.5) is 0 Å². The molecule has 0 heterocycles. The molecule has 0 saturated heterocycles. The van der Waals surface area contributed by atoms with Crippen molar-refractivity contribution in [1.82, 2.24) is 2.89 Å². The number of halogens is 1. The third-order valence-electron chi connectivity index (χ3n) is 6.82. The molecule has 0 bridgehead atoms. The summed E-state index contributed by atoms with van der Waals surface area (Å²) >= 11 is -2.11. The molecule has 0 aromatic heterocycles. The molecule has 0 amide bonds. The molecule has 0 aliphatic heterocycles. The van der Waals surface area contributed by atoms with Gasteiger partial charge in [0.15, 0.2) is 0 Å². The Kier molecular flexibility index (Phi) is 6.82. The van der Waals surface area contributed by atoms with E-state index in [4.69, 9.17) is 0 Å². The topological polar surface area (TPSA) is 3.24 Å². The van der Waals surface area contributed by atoms with Gasteiger partial charge in [-0.1, -0.05) is 0 Å². The smallest absolute Gasteiger partial charge is 1.00 e. The van der Waals surface area contributed by atoms with E-state index in [0.717, 1.165) is 0 Å². The first kappa shape index (κ1) is 23.1. The van der Waals surface area contributed by atoms with Crippen LogP contribution in [0.1, 0.15) is 33.3 Å². The Morgan fingerprint density at radius 3 is 1.45 bits per heavy atom. The van der Waals surface area contributed by atoms with Crippen LogP contribution >= 0.6 is 0 Å². The third-order valence-corrected chi connectivity index (χ3v) is 88.6. The van der Waals surface area contributed by atoms with Crippen LogP contribution in [-0.4, -0.2) is 27.5 Å². The molecule has 0 saturated carbocycles. The molecule has 2 aliphatic carbocycles. The van der Waals surface area contributed by atoms with E-state index in [2.05, 4.69) is 116 Å². The molecule has 2 aliphatic rings. The molecule has 152 valence electrons. The van der Waals surface area contributed by atoms with Crippen LogP contribution < -0.4 is 12.4 Å². The van der Waals surface area contributed by atoms with Crippen LogP contribution in [0, 0.1) is 0 Å². The molecule has 0 radical (unpaired) electrons. The molecule has 1 nitrogen and oxygen atoms in total. The Hall–Kier alpha value is -0.526. The summed E-state index contributed by atoms with van der Waals surface area (Å²) in [6, 6.07) is 18.2. The van der Waals surface area contributed by atoms with E-state index >= 15 is 0 Å². The average molecular weight is 605 g/mol. The van der Waals surface area contributed by atoms with Crippen LogP contribution in [0.3, 0.4) is 0 Å². The SMILES string of the molecule is C[N](C)[Hf+]([Si](C)(C)C1C=Cc2ccccc21)[Si](C)(C)C1C=Cc2ccccc21.[Cl-]. The first-order valence-corrected chi connectivity index (χ1v) is 28.9. The quantitative estimate of drug-likeness (QED) is 0.475. The zero-order valence-electron chi connectivity index (χ0n) is 18.4. The summed E-state index contributed by atoms with van der Waals surface area (Å²) in [5.74, 6) is 0. The Bertz CT molecular complexity index is 878. The van der Waals surface area contributed by atoms with E-state index in [1.807, 2.05) is 0 Å². The van der Waals surface area contributed by atoms with Crippen LogP contribution in [0.25, 0.3) is 12.2 Å². The van der Waals surface area contributed by atoms with Crippen molar-refractivity contribution in [2.45, 2.75) is 37.3 Å². The minimum Gasteiger partial charge on any atom is -1.00 e. The van der Waals surface area contributed by atoms with E-state index in [-0.39, 0.29) is 12.4 Å². The maximum Gasteiger partial charge on any atom is -1.00 e. The van der Waals surface area contributed by atoms with Crippen molar-refractivity contribution < 1.29 is 32.5 Å². The van der Waals surface area contributed by atoms with Gasteiger partial charge in [0.25, 0.3) is 0 Å². The number of nitrogens with zero attached hydrogens (tertiary/aromatic N) is 1. The fourth-order valence-electron chi connectivity index (χ4n) is 6.04. The molecule has 0 N–H and O–H groups in total. The minimum atomic E-state index is -2.11. The van der Waals surface area contributed by atoms with E-state index < -0.39 is 30.6 Å². The van der Waals surface area contributed by atoms with Gasteiger partial charge in [-0.05, 0) is 0 Å². The molecular formula is C24H32ClHfNSi2.